The van der Waals surface area contributed by atoms with Gasteiger partial charge in [-0.15, -0.1) is 24.8 Å². The van der Waals surface area contributed by atoms with E-state index in [2.05, 4.69) is 21.2 Å². The van der Waals surface area contributed by atoms with E-state index in [0.717, 1.165) is 17.6 Å². The zero-order chi connectivity index (χ0) is 15.5. The van der Waals surface area contributed by atoms with Crippen molar-refractivity contribution in [2.45, 2.75) is 25.1 Å². The van der Waals surface area contributed by atoms with Crippen LogP contribution in [0.3, 0.4) is 0 Å². The normalized spacial score (nSPS) is 17.0. The summed E-state index contributed by atoms with van der Waals surface area (Å²) in [5, 5.41) is 12.8. The van der Waals surface area contributed by atoms with Crippen LogP contribution >= 0.6 is 40.7 Å². The first kappa shape index (κ1) is 22.8. The SMILES string of the molecule is Cl.Cl.Oc1ccc(Br)c([C@@H](CCC(F)(F)F)N2CCNCC2)c1. The minimum Gasteiger partial charge on any atom is -0.508 e. The Morgan fingerprint density at radius 3 is 2.39 bits per heavy atom. The topological polar surface area (TPSA) is 35.5 Å². The molecule has 1 saturated heterocycles. The molecule has 3 nitrogen and oxygen atoms in total. The Hall–Kier alpha value is -0.210. The first-order valence-electron chi connectivity index (χ1n) is 6.87. The number of hydrogen-bond donors (Lipinski definition) is 2. The zero-order valence-corrected chi connectivity index (χ0v) is 15.5. The molecule has 0 spiro atoms. The Morgan fingerprint density at radius 2 is 1.83 bits per heavy atom. The minimum atomic E-state index is -4.17. The molecular weight excluding hydrogens is 420 g/mol. The maximum absolute atomic E-state index is 12.6. The summed E-state index contributed by atoms with van der Waals surface area (Å²) >= 11 is 3.38. The van der Waals surface area contributed by atoms with Gasteiger partial charge in [-0.3, -0.25) is 4.90 Å². The van der Waals surface area contributed by atoms with Crippen molar-refractivity contribution in [3.05, 3.63) is 28.2 Å². The molecular formula is C14H20BrCl2F3N2O. The summed E-state index contributed by atoms with van der Waals surface area (Å²) in [7, 11) is 0. The van der Waals surface area contributed by atoms with Crippen LogP contribution in [0.1, 0.15) is 24.4 Å². The van der Waals surface area contributed by atoms with Crippen LogP contribution < -0.4 is 5.32 Å². The van der Waals surface area contributed by atoms with Gasteiger partial charge in [-0.25, -0.2) is 0 Å². The zero-order valence-electron chi connectivity index (χ0n) is 12.3. The molecule has 1 aromatic rings. The number of nitrogens with one attached hydrogen (secondary N) is 1. The number of rotatable bonds is 4. The van der Waals surface area contributed by atoms with E-state index < -0.39 is 12.6 Å². The molecule has 9 heteroatoms. The maximum atomic E-state index is 12.6. The molecule has 0 unspecified atom stereocenters. The number of halogens is 6. The van der Waals surface area contributed by atoms with Gasteiger partial charge in [0.05, 0.1) is 0 Å². The molecule has 2 N–H and O–H groups in total. The molecule has 134 valence electrons. The number of phenols is 1. The summed E-state index contributed by atoms with van der Waals surface area (Å²) < 4.78 is 38.5. The summed E-state index contributed by atoms with van der Waals surface area (Å²) in [4.78, 5) is 2.04. The van der Waals surface area contributed by atoms with Crippen LogP contribution in [-0.2, 0) is 0 Å². The number of aromatic hydroxyl groups is 1. The lowest BCUT2D eigenvalue weighted by Crippen LogP contribution is -2.45. The van der Waals surface area contributed by atoms with Crippen molar-refractivity contribution >= 4 is 40.7 Å². The first-order chi connectivity index (χ1) is 9.87. The molecule has 1 fully saturated rings. The second kappa shape index (κ2) is 9.93. The van der Waals surface area contributed by atoms with E-state index in [9.17, 15) is 18.3 Å². The highest BCUT2D eigenvalue weighted by atomic mass is 79.9. The lowest BCUT2D eigenvalue weighted by Gasteiger charge is -2.36. The third-order valence-corrected chi connectivity index (χ3v) is 4.35. The average molecular weight is 440 g/mol. The highest BCUT2D eigenvalue weighted by Gasteiger charge is 2.32. The Bertz CT molecular complexity index is 486. The lowest BCUT2D eigenvalue weighted by atomic mass is 9.99. The fourth-order valence-electron chi connectivity index (χ4n) is 2.62. The van der Waals surface area contributed by atoms with E-state index in [-0.39, 0.29) is 43.0 Å². The van der Waals surface area contributed by atoms with E-state index in [0.29, 0.717) is 18.7 Å². The van der Waals surface area contributed by atoms with Crippen LogP contribution in [0.5, 0.6) is 5.75 Å². The van der Waals surface area contributed by atoms with Crippen LogP contribution in [-0.4, -0.2) is 42.4 Å². The molecule has 1 aliphatic rings. The molecule has 0 amide bonds. The quantitative estimate of drug-likeness (QED) is 0.734. The Balaban J connectivity index is 0.00000242. The van der Waals surface area contributed by atoms with Crippen molar-refractivity contribution in [1.82, 2.24) is 10.2 Å². The molecule has 0 aromatic heterocycles. The Morgan fingerprint density at radius 1 is 1.22 bits per heavy atom. The van der Waals surface area contributed by atoms with Crippen molar-refractivity contribution in [3.8, 4) is 5.75 Å². The largest absolute Gasteiger partial charge is 0.508 e. The van der Waals surface area contributed by atoms with Crippen molar-refractivity contribution in [3.63, 3.8) is 0 Å². The van der Waals surface area contributed by atoms with Gasteiger partial charge < -0.3 is 10.4 Å². The van der Waals surface area contributed by atoms with Crippen molar-refractivity contribution in [2.24, 2.45) is 0 Å². The molecule has 2 rings (SSSR count). The predicted octanol–water partition coefficient (Wildman–Crippen LogP) is 4.29. The van der Waals surface area contributed by atoms with Crippen molar-refractivity contribution in [1.29, 1.82) is 0 Å². The minimum absolute atomic E-state index is 0. The standard InChI is InChI=1S/C14H18BrF3N2O.2ClH/c15-12-2-1-10(21)9-11(12)13(3-4-14(16,17)18)20-7-5-19-6-8-20;;/h1-2,9,13,19,21H,3-8H2;2*1H/t13-;;/m1../s1. The van der Waals surface area contributed by atoms with Gasteiger partial charge in [-0.1, -0.05) is 15.9 Å². The molecule has 1 aliphatic heterocycles. The summed E-state index contributed by atoms with van der Waals surface area (Å²) in [6.45, 7) is 2.92. The van der Waals surface area contributed by atoms with Gasteiger partial charge in [0, 0.05) is 43.1 Å². The van der Waals surface area contributed by atoms with Crippen LogP contribution in [0.15, 0.2) is 22.7 Å². The lowest BCUT2D eigenvalue weighted by molar-refractivity contribution is -0.138. The monoisotopic (exact) mass is 438 g/mol. The van der Waals surface area contributed by atoms with Crippen LogP contribution in [0, 0.1) is 0 Å². The van der Waals surface area contributed by atoms with Gasteiger partial charge in [0.25, 0.3) is 0 Å². The van der Waals surface area contributed by atoms with Gasteiger partial charge in [-0.2, -0.15) is 13.2 Å². The van der Waals surface area contributed by atoms with Crippen LogP contribution in [0.25, 0.3) is 0 Å². The van der Waals surface area contributed by atoms with Gasteiger partial charge >= 0.3 is 6.18 Å². The molecule has 0 aliphatic carbocycles. The highest BCUT2D eigenvalue weighted by molar-refractivity contribution is 9.10. The van der Waals surface area contributed by atoms with E-state index in [4.69, 9.17) is 0 Å². The van der Waals surface area contributed by atoms with Gasteiger partial charge in [0.2, 0.25) is 0 Å². The van der Waals surface area contributed by atoms with Gasteiger partial charge in [-0.05, 0) is 30.2 Å². The molecule has 0 radical (unpaired) electrons. The van der Waals surface area contributed by atoms with Crippen molar-refractivity contribution < 1.29 is 18.3 Å². The van der Waals surface area contributed by atoms with E-state index in [1.165, 1.54) is 6.07 Å². The summed E-state index contributed by atoms with van der Waals surface area (Å²) in [5.41, 5.74) is 0.709. The third-order valence-electron chi connectivity index (χ3n) is 3.63. The number of nitrogens with zero attached hydrogens (tertiary/aromatic N) is 1. The number of alkyl halides is 3. The van der Waals surface area contributed by atoms with E-state index in [1.54, 1.807) is 12.1 Å². The fraction of sp³-hybridized carbons (Fsp3) is 0.571. The first-order valence-corrected chi connectivity index (χ1v) is 7.66. The molecule has 1 heterocycles. The smallest absolute Gasteiger partial charge is 0.389 e. The third kappa shape index (κ3) is 7.05. The van der Waals surface area contributed by atoms with Gasteiger partial charge in [0.15, 0.2) is 0 Å². The predicted molar refractivity (Wildman–Crippen MR) is 92.8 cm³/mol. The molecule has 0 saturated carbocycles. The average Bonchev–Trinajstić information content (AvgIpc) is 2.43. The van der Waals surface area contributed by atoms with Gasteiger partial charge in [0.1, 0.15) is 5.75 Å². The van der Waals surface area contributed by atoms with E-state index in [1.807, 2.05) is 4.90 Å². The van der Waals surface area contributed by atoms with E-state index >= 15 is 0 Å². The summed E-state index contributed by atoms with van der Waals surface area (Å²) in [5.74, 6) is 0.0698. The number of phenolic OH excluding ortho intramolecular Hbond substituents is 1. The number of piperazine rings is 1. The fourth-order valence-corrected chi connectivity index (χ4v) is 3.13. The Labute approximate surface area is 154 Å². The second-order valence-electron chi connectivity index (χ2n) is 5.16. The summed E-state index contributed by atoms with van der Waals surface area (Å²) in [6, 6.07) is 4.39. The molecule has 23 heavy (non-hydrogen) atoms. The summed E-state index contributed by atoms with van der Waals surface area (Å²) in [6.07, 6.45) is -5.01. The molecule has 1 atom stereocenters. The number of benzene rings is 1. The molecule has 1 aromatic carbocycles. The van der Waals surface area contributed by atoms with Crippen molar-refractivity contribution in [2.75, 3.05) is 26.2 Å². The van der Waals surface area contributed by atoms with Crippen LogP contribution in [0.2, 0.25) is 0 Å². The Kier molecular flexibility index (Phi) is 9.84. The highest BCUT2D eigenvalue weighted by Crippen LogP contribution is 2.36. The van der Waals surface area contributed by atoms with Crippen LogP contribution in [0.4, 0.5) is 13.2 Å². The maximum Gasteiger partial charge on any atom is 0.389 e. The molecule has 0 bridgehead atoms. The number of hydrogen-bond acceptors (Lipinski definition) is 3. The second-order valence-corrected chi connectivity index (χ2v) is 6.02.